The van der Waals surface area contributed by atoms with Crippen molar-refractivity contribution in [1.29, 1.82) is 0 Å². The van der Waals surface area contributed by atoms with Crippen molar-refractivity contribution in [2.75, 3.05) is 0 Å². The normalized spacial score (nSPS) is 39.3. The third-order valence-electron chi connectivity index (χ3n) is 4.38. The fraction of sp³-hybridized carbons (Fsp3) is 0.857. The van der Waals surface area contributed by atoms with Crippen molar-refractivity contribution in [1.82, 2.24) is 0 Å². The highest BCUT2D eigenvalue weighted by molar-refractivity contribution is 5.10. The van der Waals surface area contributed by atoms with Crippen LogP contribution in [0.15, 0.2) is 11.6 Å². The molecule has 0 aromatic heterocycles. The summed E-state index contributed by atoms with van der Waals surface area (Å²) in [6, 6.07) is 0. The molecule has 0 aromatic rings. The van der Waals surface area contributed by atoms with E-state index in [1.54, 1.807) is 0 Å². The van der Waals surface area contributed by atoms with Crippen molar-refractivity contribution >= 4 is 0 Å². The lowest BCUT2D eigenvalue weighted by Crippen LogP contribution is -1.99. The summed E-state index contributed by atoms with van der Waals surface area (Å²) in [6.07, 6.45) is 12.6. The standard InChI is InChI=1S/C14H24/c1-11-9-14(10-12(11)2)13-7-5-3-4-6-8-13/h7,11-12,14H,3-6,8-10H2,1-2H3. The maximum absolute atomic E-state index is 2.57. The summed E-state index contributed by atoms with van der Waals surface area (Å²) in [5, 5.41) is 0. The Bertz CT molecular complexity index is 204. The summed E-state index contributed by atoms with van der Waals surface area (Å²) in [7, 11) is 0. The predicted octanol–water partition coefficient (Wildman–Crippen LogP) is 4.56. The van der Waals surface area contributed by atoms with Crippen LogP contribution in [-0.4, -0.2) is 0 Å². The van der Waals surface area contributed by atoms with Gasteiger partial charge in [0.15, 0.2) is 0 Å². The quantitative estimate of drug-likeness (QED) is 0.534. The first-order chi connectivity index (χ1) is 6.77. The molecule has 1 fully saturated rings. The van der Waals surface area contributed by atoms with Crippen LogP contribution in [0.3, 0.4) is 0 Å². The number of hydrogen-bond acceptors (Lipinski definition) is 0. The second-order valence-electron chi connectivity index (χ2n) is 5.50. The maximum Gasteiger partial charge on any atom is -0.0198 e. The van der Waals surface area contributed by atoms with Gasteiger partial charge < -0.3 is 0 Å². The van der Waals surface area contributed by atoms with Crippen molar-refractivity contribution in [3.8, 4) is 0 Å². The van der Waals surface area contributed by atoms with Gasteiger partial charge in [0.25, 0.3) is 0 Å². The van der Waals surface area contributed by atoms with Crippen LogP contribution in [-0.2, 0) is 0 Å². The van der Waals surface area contributed by atoms with Crippen molar-refractivity contribution in [3.63, 3.8) is 0 Å². The fourth-order valence-corrected chi connectivity index (χ4v) is 3.17. The van der Waals surface area contributed by atoms with Crippen LogP contribution in [0.1, 0.15) is 58.8 Å². The average Bonchev–Trinajstić information content (AvgIpc) is 2.46. The molecule has 0 aliphatic heterocycles. The molecule has 0 radical (unpaired) electrons. The smallest absolute Gasteiger partial charge is 0.0198 e. The molecule has 0 N–H and O–H groups in total. The molecule has 2 aliphatic rings. The topological polar surface area (TPSA) is 0 Å². The first-order valence-corrected chi connectivity index (χ1v) is 6.46. The lowest BCUT2D eigenvalue weighted by Gasteiger charge is -2.13. The highest BCUT2D eigenvalue weighted by atomic mass is 14.3. The number of rotatable bonds is 1. The Labute approximate surface area is 88.8 Å². The Morgan fingerprint density at radius 2 is 1.71 bits per heavy atom. The number of allylic oxidation sites excluding steroid dienone is 2. The minimum absolute atomic E-state index is 0.957. The van der Waals surface area contributed by atoms with Gasteiger partial charge in [-0.3, -0.25) is 0 Å². The minimum atomic E-state index is 0.957. The molecule has 2 atom stereocenters. The summed E-state index contributed by atoms with van der Waals surface area (Å²) in [5.41, 5.74) is 1.82. The summed E-state index contributed by atoms with van der Waals surface area (Å²) in [4.78, 5) is 0. The van der Waals surface area contributed by atoms with Crippen LogP contribution >= 0.6 is 0 Å². The van der Waals surface area contributed by atoms with Crippen molar-refractivity contribution in [2.45, 2.75) is 58.8 Å². The Kier molecular flexibility index (Phi) is 3.30. The van der Waals surface area contributed by atoms with E-state index in [1.165, 1.54) is 44.9 Å². The molecule has 2 unspecified atom stereocenters. The van der Waals surface area contributed by atoms with Crippen molar-refractivity contribution in [3.05, 3.63) is 11.6 Å². The molecule has 80 valence electrons. The highest BCUT2D eigenvalue weighted by Gasteiger charge is 2.30. The summed E-state index contributed by atoms with van der Waals surface area (Å²) < 4.78 is 0. The third kappa shape index (κ3) is 2.21. The summed E-state index contributed by atoms with van der Waals surface area (Å²) >= 11 is 0. The first-order valence-electron chi connectivity index (χ1n) is 6.46. The van der Waals surface area contributed by atoms with Crippen LogP contribution in [0, 0.1) is 17.8 Å². The largest absolute Gasteiger partial charge is 0.0851 e. The van der Waals surface area contributed by atoms with E-state index in [4.69, 9.17) is 0 Å². The minimum Gasteiger partial charge on any atom is -0.0851 e. The van der Waals surface area contributed by atoms with E-state index in [0.717, 1.165) is 17.8 Å². The molecular formula is C14H24. The molecule has 2 rings (SSSR count). The number of hydrogen-bond donors (Lipinski definition) is 0. The monoisotopic (exact) mass is 192 g/mol. The second kappa shape index (κ2) is 4.51. The van der Waals surface area contributed by atoms with E-state index in [9.17, 15) is 0 Å². The SMILES string of the molecule is CC1CC(C2=CCCCCC2)CC1C. The van der Waals surface area contributed by atoms with Gasteiger partial charge in [-0.2, -0.15) is 0 Å². The van der Waals surface area contributed by atoms with E-state index in [0.29, 0.717) is 0 Å². The molecule has 0 nitrogen and oxygen atoms in total. The molecule has 0 bridgehead atoms. The van der Waals surface area contributed by atoms with E-state index >= 15 is 0 Å². The van der Waals surface area contributed by atoms with E-state index < -0.39 is 0 Å². The second-order valence-corrected chi connectivity index (χ2v) is 5.50. The molecule has 0 heteroatoms. The lowest BCUT2D eigenvalue weighted by molar-refractivity contribution is 0.457. The lowest BCUT2D eigenvalue weighted by atomic mass is 9.92. The van der Waals surface area contributed by atoms with Crippen LogP contribution in [0.4, 0.5) is 0 Å². The predicted molar refractivity (Wildman–Crippen MR) is 62.2 cm³/mol. The van der Waals surface area contributed by atoms with E-state index in [1.807, 2.05) is 5.57 Å². The Morgan fingerprint density at radius 3 is 2.43 bits per heavy atom. The molecule has 0 aromatic carbocycles. The Morgan fingerprint density at radius 1 is 1.00 bits per heavy atom. The van der Waals surface area contributed by atoms with Gasteiger partial charge in [0.05, 0.1) is 0 Å². The van der Waals surface area contributed by atoms with Gasteiger partial charge >= 0.3 is 0 Å². The van der Waals surface area contributed by atoms with Gasteiger partial charge in [0.1, 0.15) is 0 Å². The van der Waals surface area contributed by atoms with Crippen LogP contribution in [0.2, 0.25) is 0 Å². The molecule has 0 saturated heterocycles. The van der Waals surface area contributed by atoms with Gasteiger partial charge in [-0.1, -0.05) is 31.9 Å². The molecule has 14 heavy (non-hydrogen) atoms. The highest BCUT2D eigenvalue weighted by Crippen LogP contribution is 2.41. The maximum atomic E-state index is 2.57. The van der Waals surface area contributed by atoms with Gasteiger partial charge in [-0.05, 0) is 56.3 Å². The molecular weight excluding hydrogens is 168 g/mol. The van der Waals surface area contributed by atoms with Crippen LogP contribution in [0.5, 0.6) is 0 Å². The van der Waals surface area contributed by atoms with Gasteiger partial charge in [-0.25, -0.2) is 0 Å². The van der Waals surface area contributed by atoms with Gasteiger partial charge in [0.2, 0.25) is 0 Å². The van der Waals surface area contributed by atoms with E-state index in [2.05, 4.69) is 19.9 Å². The first kappa shape index (κ1) is 10.3. The fourth-order valence-electron chi connectivity index (χ4n) is 3.17. The van der Waals surface area contributed by atoms with Crippen molar-refractivity contribution in [2.24, 2.45) is 17.8 Å². The average molecular weight is 192 g/mol. The van der Waals surface area contributed by atoms with Crippen LogP contribution in [0.25, 0.3) is 0 Å². The molecule has 0 amide bonds. The molecule has 1 saturated carbocycles. The Balaban J connectivity index is 1.97. The molecule has 0 spiro atoms. The van der Waals surface area contributed by atoms with Gasteiger partial charge in [0, 0.05) is 0 Å². The molecule has 2 aliphatic carbocycles. The summed E-state index contributed by atoms with van der Waals surface area (Å²) in [6.45, 7) is 4.86. The zero-order valence-electron chi connectivity index (χ0n) is 9.76. The van der Waals surface area contributed by atoms with Crippen LogP contribution < -0.4 is 0 Å². The molecule has 0 heterocycles. The van der Waals surface area contributed by atoms with Crippen molar-refractivity contribution < 1.29 is 0 Å². The summed E-state index contributed by atoms with van der Waals surface area (Å²) in [5.74, 6) is 2.88. The zero-order chi connectivity index (χ0) is 9.97. The Hall–Kier alpha value is -0.260. The third-order valence-corrected chi connectivity index (χ3v) is 4.38. The van der Waals surface area contributed by atoms with Gasteiger partial charge in [-0.15, -0.1) is 0 Å². The zero-order valence-corrected chi connectivity index (χ0v) is 9.76. The van der Waals surface area contributed by atoms with E-state index in [-0.39, 0.29) is 0 Å².